The van der Waals surface area contributed by atoms with E-state index in [1.807, 2.05) is 12.2 Å². The van der Waals surface area contributed by atoms with Gasteiger partial charge in [0.2, 0.25) is 0 Å². The molecule has 1 aromatic carbocycles. The SMILES string of the molecule is C=C/C=C\C(CN=C(C=C(N)CCC(C)(C)C=C)c1cccc(CCCCCC)c1)=C(C)C. The lowest BCUT2D eigenvalue weighted by Crippen LogP contribution is -2.11. The highest BCUT2D eigenvalue weighted by molar-refractivity contribution is 6.09. The van der Waals surface area contributed by atoms with Crippen LogP contribution in [0.5, 0.6) is 0 Å². The minimum Gasteiger partial charge on any atom is -0.402 e. The van der Waals surface area contributed by atoms with Gasteiger partial charge in [-0.2, -0.15) is 0 Å². The molecule has 0 aromatic heterocycles. The molecule has 33 heavy (non-hydrogen) atoms. The van der Waals surface area contributed by atoms with E-state index in [0.717, 1.165) is 36.2 Å². The lowest BCUT2D eigenvalue weighted by molar-refractivity contribution is 0.437. The quantitative estimate of drug-likeness (QED) is 0.125. The fraction of sp³-hybridized carbons (Fsp3) is 0.452. The maximum atomic E-state index is 6.48. The summed E-state index contributed by atoms with van der Waals surface area (Å²) in [7, 11) is 0. The van der Waals surface area contributed by atoms with Gasteiger partial charge in [0.25, 0.3) is 0 Å². The van der Waals surface area contributed by atoms with Gasteiger partial charge in [-0.3, -0.25) is 4.99 Å². The fourth-order valence-electron chi connectivity index (χ4n) is 3.41. The minimum absolute atomic E-state index is 0.0683. The molecule has 0 saturated carbocycles. The molecule has 0 bridgehead atoms. The molecule has 0 unspecified atom stereocenters. The van der Waals surface area contributed by atoms with Crippen LogP contribution in [-0.4, -0.2) is 12.3 Å². The van der Waals surface area contributed by atoms with Crippen molar-refractivity contribution >= 4 is 5.71 Å². The molecule has 0 aliphatic heterocycles. The van der Waals surface area contributed by atoms with E-state index in [-0.39, 0.29) is 5.41 Å². The topological polar surface area (TPSA) is 38.4 Å². The third-order valence-electron chi connectivity index (χ3n) is 5.97. The summed E-state index contributed by atoms with van der Waals surface area (Å²) in [6, 6.07) is 8.79. The second-order valence-corrected chi connectivity index (χ2v) is 9.74. The number of aryl methyl sites for hydroxylation is 1. The van der Waals surface area contributed by atoms with Crippen molar-refractivity contribution in [2.75, 3.05) is 6.54 Å². The highest BCUT2D eigenvalue weighted by Gasteiger charge is 2.13. The smallest absolute Gasteiger partial charge is 0.0667 e. The largest absolute Gasteiger partial charge is 0.402 e. The zero-order valence-corrected chi connectivity index (χ0v) is 21.8. The number of rotatable bonds is 15. The molecule has 0 atom stereocenters. The van der Waals surface area contributed by atoms with Gasteiger partial charge in [0.1, 0.15) is 0 Å². The van der Waals surface area contributed by atoms with Crippen molar-refractivity contribution in [1.82, 2.24) is 0 Å². The molecule has 180 valence electrons. The van der Waals surface area contributed by atoms with Gasteiger partial charge in [-0.25, -0.2) is 0 Å². The Hall–Kier alpha value is -2.61. The Kier molecular flexibility index (Phi) is 13.1. The first kappa shape index (κ1) is 28.4. The molecule has 0 aliphatic rings. The summed E-state index contributed by atoms with van der Waals surface area (Å²) < 4.78 is 0. The van der Waals surface area contributed by atoms with E-state index in [9.17, 15) is 0 Å². The standard InChI is InChI=1S/C31H46N2/c1-8-11-13-14-16-26-17-15-19-27(22-26)30(23-29(32)20-21-31(6,7)10-3)33-24-28(25(4)5)18-12-9-2/h9-10,12,15,17-19,22-23H,2-3,8,11,13-14,16,20-21,24,32H2,1,4-7H3/b18-12-,29-23?,33-30?. The first-order chi connectivity index (χ1) is 15.7. The average Bonchev–Trinajstić information content (AvgIpc) is 2.79. The van der Waals surface area contributed by atoms with Crippen LogP contribution < -0.4 is 5.73 Å². The van der Waals surface area contributed by atoms with E-state index in [0.29, 0.717) is 6.54 Å². The summed E-state index contributed by atoms with van der Waals surface area (Å²) in [6.07, 6.45) is 17.9. The van der Waals surface area contributed by atoms with Crippen molar-refractivity contribution in [3.05, 3.63) is 95.8 Å². The van der Waals surface area contributed by atoms with Gasteiger partial charge in [0, 0.05) is 11.3 Å². The Bertz CT molecular complexity index is 874. The zero-order chi connectivity index (χ0) is 24.7. The van der Waals surface area contributed by atoms with Crippen molar-refractivity contribution < 1.29 is 0 Å². The van der Waals surface area contributed by atoms with Crippen LogP contribution in [-0.2, 0) is 6.42 Å². The molecule has 0 radical (unpaired) electrons. The van der Waals surface area contributed by atoms with E-state index in [1.54, 1.807) is 6.08 Å². The number of nitrogens with two attached hydrogens (primary N) is 1. The minimum atomic E-state index is 0.0683. The molecule has 0 saturated heterocycles. The Morgan fingerprint density at radius 2 is 1.88 bits per heavy atom. The van der Waals surface area contributed by atoms with Gasteiger partial charge < -0.3 is 5.73 Å². The van der Waals surface area contributed by atoms with Crippen molar-refractivity contribution in [2.24, 2.45) is 16.1 Å². The molecule has 0 fully saturated rings. The molecule has 0 spiro atoms. The first-order valence-electron chi connectivity index (χ1n) is 12.4. The number of benzene rings is 1. The molecular formula is C31H46N2. The summed E-state index contributed by atoms with van der Waals surface area (Å²) in [6.45, 7) is 19.2. The summed E-state index contributed by atoms with van der Waals surface area (Å²) in [4.78, 5) is 5.02. The lowest BCUT2D eigenvalue weighted by atomic mass is 9.87. The van der Waals surface area contributed by atoms with Gasteiger partial charge in [-0.1, -0.05) is 94.7 Å². The van der Waals surface area contributed by atoms with E-state index in [4.69, 9.17) is 10.7 Å². The normalized spacial score (nSPS) is 12.8. The molecule has 0 heterocycles. The summed E-state index contributed by atoms with van der Waals surface area (Å²) in [5.41, 5.74) is 13.3. The van der Waals surface area contributed by atoms with Crippen molar-refractivity contribution in [2.45, 2.75) is 79.6 Å². The Balaban J connectivity index is 3.23. The number of nitrogens with zero attached hydrogens (tertiary/aromatic N) is 1. The van der Waals surface area contributed by atoms with Crippen molar-refractivity contribution in [3.8, 4) is 0 Å². The first-order valence-corrected chi connectivity index (χ1v) is 12.4. The maximum Gasteiger partial charge on any atom is 0.0667 e. The predicted octanol–water partition coefficient (Wildman–Crippen LogP) is 8.51. The van der Waals surface area contributed by atoms with Gasteiger partial charge in [-0.15, -0.1) is 6.58 Å². The second-order valence-electron chi connectivity index (χ2n) is 9.74. The number of hydrogen-bond donors (Lipinski definition) is 1. The van der Waals surface area contributed by atoms with Gasteiger partial charge in [0.05, 0.1) is 12.3 Å². The second kappa shape index (κ2) is 15.3. The Morgan fingerprint density at radius 1 is 1.12 bits per heavy atom. The van der Waals surface area contributed by atoms with Gasteiger partial charge in [0.15, 0.2) is 0 Å². The van der Waals surface area contributed by atoms with Crippen LogP contribution in [0.2, 0.25) is 0 Å². The van der Waals surface area contributed by atoms with Crippen LogP contribution in [0.3, 0.4) is 0 Å². The number of unbranched alkanes of at least 4 members (excludes halogenated alkanes) is 3. The zero-order valence-electron chi connectivity index (χ0n) is 21.8. The van der Waals surface area contributed by atoms with Crippen molar-refractivity contribution in [3.63, 3.8) is 0 Å². The highest BCUT2D eigenvalue weighted by Crippen LogP contribution is 2.24. The number of allylic oxidation sites excluding steroid dienone is 6. The van der Waals surface area contributed by atoms with Crippen LogP contribution in [0.1, 0.15) is 84.3 Å². The number of aliphatic imine (C=N–C) groups is 1. The van der Waals surface area contributed by atoms with Crippen LogP contribution in [0.25, 0.3) is 0 Å². The molecule has 0 aliphatic carbocycles. The summed E-state index contributed by atoms with van der Waals surface area (Å²) in [5.74, 6) is 0. The van der Waals surface area contributed by atoms with E-state index in [2.05, 4.69) is 84.2 Å². The molecule has 1 rings (SSSR count). The maximum absolute atomic E-state index is 6.48. The predicted molar refractivity (Wildman–Crippen MR) is 149 cm³/mol. The monoisotopic (exact) mass is 446 g/mol. The molecular weight excluding hydrogens is 400 g/mol. The van der Waals surface area contributed by atoms with Crippen molar-refractivity contribution in [1.29, 1.82) is 0 Å². The van der Waals surface area contributed by atoms with Gasteiger partial charge in [-0.05, 0) is 68.2 Å². The van der Waals surface area contributed by atoms with Crippen LogP contribution in [0.15, 0.2) is 89.6 Å². The molecule has 0 amide bonds. The third kappa shape index (κ3) is 11.7. The molecule has 1 aromatic rings. The van der Waals surface area contributed by atoms with Crippen LogP contribution in [0, 0.1) is 5.41 Å². The summed E-state index contributed by atoms with van der Waals surface area (Å²) >= 11 is 0. The Morgan fingerprint density at radius 3 is 2.52 bits per heavy atom. The molecule has 2 nitrogen and oxygen atoms in total. The molecule has 2 N–H and O–H groups in total. The fourth-order valence-corrected chi connectivity index (χ4v) is 3.41. The Labute approximate surface area is 203 Å². The van der Waals surface area contributed by atoms with E-state index in [1.165, 1.54) is 42.4 Å². The van der Waals surface area contributed by atoms with Crippen LogP contribution >= 0.6 is 0 Å². The highest BCUT2D eigenvalue weighted by atomic mass is 14.7. The van der Waals surface area contributed by atoms with Gasteiger partial charge >= 0.3 is 0 Å². The van der Waals surface area contributed by atoms with E-state index < -0.39 is 0 Å². The van der Waals surface area contributed by atoms with E-state index >= 15 is 0 Å². The third-order valence-corrected chi connectivity index (χ3v) is 5.97. The average molecular weight is 447 g/mol. The lowest BCUT2D eigenvalue weighted by Gasteiger charge is -2.19. The number of hydrogen-bond acceptors (Lipinski definition) is 2. The molecule has 2 heteroatoms. The van der Waals surface area contributed by atoms with Crippen LogP contribution in [0.4, 0.5) is 0 Å². The summed E-state index contributed by atoms with van der Waals surface area (Å²) in [5, 5.41) is 0.